The molecule has 0 saturated carbocycles. The van der Waals surface area contributed by atoms with Gasteiger partial charge in [-0.3, -0.25) is 4.79 Å². The topological polar surface area (TPSA) is 60.2 Å². The van der Waals surface area contributed by atoms with Gasteiger partial charge in [0.1, 0.15) is 5.69 Å². The second kappa shape index (κ2) is 5.61. The summed E-state index contributed by atoms with van der Waals surface area (Å²) in [7, 11) is 0. The molecule has 0 aliphatic heterocycles. The summed E-state index contributed by atoms with van der Waals surface area (Å²) in [6.07, 6.45) is 0.781. The van der Waals surface area contributed by atoms with Crippen LogP contribution >= 0.6 is 15.9 Å². The smallest absolute Gasteiger partial charge is 0.185 e. The lowest BCUT2D eigenvalue weighted by molar-refractivity contribution is 0.101. The van der Waals surface area contributed by atoms with Gasteiger partial charge in [-0.25, -0.2) is 4.52 Å². The van der Waals surface area contributed by atoms with Crippen molar-refractivity contribution in [2.75, 3.05) is 0 Å². The van der Waals surface area contributed by atoms with E-state index >= 15 is 0 Å². The van der Waals surface area contributed by atoms with E-state index in [0.29, 0.717) is 11.3 Å². The van der Waals surface area contributed by atoms with E-state index in [0.717, 1.165) is 33.4 Å². The zero-order chi connectivity index (χ0) is 15.9. The molecule has 5 nitrogen and oxygen atoms in total. The van der Waals surface area contributed by atoms with E-state index in [-0.39, 0.29) is 5.78 Å². The molecule has 6 heteroatoms. The maximum absolute atomic E-state index is 11.6. The van der Waals surface area contributed by atoms with Crippen molar-refractivity contribution in [2.24, 2.45) is 0 Å². The van der Waals surface area contributed by atoms with E-state index < -0.39 is 0 Å². The van der Waals surface area contributed by atoms with Crippen LogP contribution in [0.2, 0.25) is 0 Å². The molecule has 2 aromatic heterocycles. The highest BCUT2D eigenvalue weighted by atomic mass is 79.9. The van der Waals surface area contributed by atoms with Gasteiger partial charge in [0.25, 0.3) is 0 Å². The fourth-order valence-corrected chi connectivity index (χ4v) is 2.80. The van der Waals surface area contributed by atoms with Gasteiger partial charge in [-0.1, -0.05) is 35.0 Å². The average Bonchev–Trinajstić information content (AvgIpc) is 2.87. The monoisotopic (exact) mass is 358 g/mol. The van der Waals surface area contributed by atoms with Crippen LogP contribution in [-0.2, 0) is 6.42 Å². The molecule has 0 radical (unpaired) electrons. The van der Waals surface area contributed by atoms with Gasteiger partial charge in [-0.15, -0.1) is 10.2 Å². The minimum atomic E-state index is -0.106. The Labute approximate surface area is 136 Å². The number of ketones is 1. The van der Waals surface area contributed by atoms with Crippen LogP contribution in [0.5, 0.6) is 0 Å². The normalized spacial score (nSPS) is 11.1. The van der Waals surface area contributed by atoms with Crippen molar-refractivity contribution in [3.63, 3.8) is 0 Å². The first kappa shape index (κ1) is 14.8. The van der Waals surface area contributed by atoms with Gasteiger partial charge in [0, 0.05) is 11.4 Å². The van der Waals surface area contributed by atoms with Gasteiger partial charge >= 0.3 is 0 Å². The molecule has 0 atom stereocenters. The van der Waals surface area contributed by atoms with Crippen LogP contribution in [0.3, 0.4) is 0 Å². The van der Waals surface area contributed by atoms with E-state index in [1.165, 1.54) is 6.92 Å². The second-order valence-electron chi connectivity index (χ2n) is 5.11. The summed E-state index contributed by atoms with van der Waals surface area (Å²) in [5.74, 6) is -0.106. The van der Waals surface area contributed by atoms with E-state index in [1.54, 1.807) is 4.52 Å². The molecule has 0 bridgehead atoms. The van der Waals surface area contributed by atoms with E-state index in [1.807, 2.05) is 31.2 Å². The minimum Gasteiger partial charge on any atom is -0.293 e. The molecule has 0 fully saturated rings. The van der Waals surface area contributed by atoms with Crippen molar-refractivity contribution in [2.45, 2.75) is 27.2 Å². The van der Waals surface area contributed by atoms with Crippen LogP contribution in [-0.4, -0.2) is 25.6 Å². The first-order chi connectivity index (χ1) is 10.5. The largest absolute Gasteiger partial charge is 0.293 e. The third-order valence-corrected chi connectivity index (χ3v) is 4.17. The number of hydrogen-bond donors (Lipinski definition) is 0. The Hall–Kier alpha value is -2.08. The number of aryl methyl sites for hydroxylation is 2. The number of aromatic nitrogens is 4. The number of carbonyl (C=O) groups excluding carboxylic acids is 1. The third kappa shape index (κ3) is 2.33. The highest BCUT2D eigenvalue weighted by Gasteiger charge is 2.19. The van der Waals surface area contributed by atoms with Crippen LogP contribution in [0, 0.1) is 6.92 Å². The standard InChI is InChI=1S/C16H15BrN4O/c1-4-13-14(11-5-7-12(17)8-6-11)16-19-18-15(10(3)22)9(2)21(16)20-13/h5-8H,4H2,1-3H3. The average molecular weight is 359 g/mol. The Kier molecular flexibility index (Phi) is 3.78. The lowest BCUT2D eigenvalue weighted by Gasteiger charge is -2.04. The fourth-order valence-electron chi connectivity index (χ4n) is 2.53. The predicted octanol–water partition coefficient (Wildman–Crippen LogP) is 3.63. The Morgan fingerprint density at radius 3 is 2.50 bits per heavy atom. The van der Waals surface area contributed by atoms with Crippen LogP contribution in [0.1, 0.15) is 35.7 Å². The van der Waals surface area contributed by atoms with Crippen LogP contribution < -0.4 is 0 Å². The zero-order valence-corrected chi connectivity index (χ0v) is 14.2. The Balaban J connectivity index is 2.32. The summed E-state index contributed by atoms with van der Waals surface area (Å²) in [4.78, 5) is 11.6. The van der Waals surface area contributed by atoms with Gasteiger partial charge < -0.3 is 0 Å². The number of benzene rings is 1. The summed E-state index contributed by atoms with van der Waals surface area (Å²) < 4.78 is 2.74. The SMILES string of the molecule is CCc1nn2c(C)c(C(C)=O)nnc2c1-c1ccc(Br)cc1. The summed E-state index contributed by atoms with van der Waals surface area (Å²) in [5, 5.41) is 13.0. The number of fused-ring (bicyclic) bond motifs is 1. The molecule has 3 aromatic rings. The van der Waals surface area contributed by atoms with Gasteiger partial charge in [-0.2, -0.15) is 5.10 Å². The molecule has 0 aliphatic rings. The molecule has 22 heavy (non-hydrogen) atoms. The van der Waals surface area contributed by atoms with Crippen molar-refractivity contribution >= 4 is 27.4 Å². The highest BCUT2D eigenvalue weighted by Crippen LogP contribution is 2.29. The molecule has 112 valence electrons. The molecular weight excluding hydrogens is 344 g/mol. The van der Waals surface area contributed by atoms with Crippen molar-refractivity contribution in [1.82, 2.24) is 19.8 Å². The Morgan fingerprint density at radius 2 is 1.91 bits per heavy atom. The molecule has 0 amide bonds. The van der Waals surface area contributed by atoms with Crippen molar-refractivity contribution in [1.29, 1.82) is 0 Å². The van der Waals surface area contributed by atoms with Crippen LogP contribution in [0.4, 0.5) is 0 Å². The summed E-state index contributed by atoms with van der Waals surface area (Å²) in [6, 6.07) is 8.03. The van der Waals surface area contributed by atoms with Gasteiger partial charge in [0.2, 0.25) is 0 Å². The summed E-state index contributed by atoms with van der Waals surface area (Å²) in [6.45, 7) is 5.39. The number of hydrogen-bond acceptors (Lipinski definition) is 4. The van der Waals surface area contributed by atoms with E-state index in [9.17, 15) is 4.79 Å². The quantitative estimate of drug-likeness (QED) is 0.670. The predicted molar refractivity (Wildman–Crippen MR) is 88.0 cm³/mol. The van der Waals surface area contributed by atoms with Crippen LogP contribution in [0.25, 0.3) is 16.8 Å². The van der Waals surface area contributed by atoms with E-state index in [2.05, 4.69) is 38.1 Å². The molecule has 0 spiro atoms. The first-order valence-electron chi connectivity index (χ1n) is 7.04. The summed E-state index contributed by atoms with van der Waals surface area (Å²) >= 11 is 3.44. The van der Waals surface area contributed by atoms with E-state index in [4.69, 9.17) is 0 Å². The minimum absolute atomic E-state index is 0.106. The molecule has 0 unspecified atom stereocenters. The van der Waals surface area contributed by atoms with Gasteiger partial charge in [0.05, 0.1) is 17.0 Å². The lowest BCUT2D eigenvalue weighted by Crippen LogP contribution is -2.09. The van der Waals surface area contributed by atoms with Crippen molar-refractivity contribution in [3.8, 4) is 11.1 Å². The number of Topliss-reactive ketones (excluding diaryl/α,β-unsaturated/α-hetero) is 1. The molecule has 0 saturated heterocycles. The molecule has 0 N–H and O–H groups in total. The van der Waals surface area contributed by atoms with Gasteiger partial charge in [0.15, 0.2) is 11.4 Å². The number of rotatable bonds is 3. The van der Waals surface area contributed by atoms with Crippen molar-refractivity contribution in [3.05, 3.63) is 45.8 Å². The first-order valence-corrected chi connectivity index (χ1v) is 7.84. The molecule has 1 aromatic carbocycles. The van der Waals surface area contributed by atoms with Gasteiger partial charge in [-0.05, 0) is 31.0 Å². The third-order valence-electron chi connectivity index (χ3n) is 3.64. The number of nitrogens with zero attached hydrogens (tertiary/aromatic N) is 4. The number of halogens is 1. The highest BCUT2D eigenvalue weighted by molar-refractivity contribution is 9.10. The van der Waals surface area contributed by atoms with Crippen LogP contribution in [0.15, 0.2) is 28.7 Å². The number of carbonyl (C=O) groups is 1. The Bertz CT molecular complexity index is 868. The zero-order valence-electron chi connectivity index (χ0n) is 12.6. The molecule has 2 heterocycles. The maximum atomic E-state index is 11.6. The van der Waals surface area contributed by atoms with Crippen molar-refractivity contribution < 1.29 is 4.79 Å². The summed E-state index contributed by atoms with van der Waals surface area (Å²) in [5.41, 5.74) is 4.72. The maximum Gasteiger partial charge on any atom is 0.185 e. The fraction of sp³-hybridized carbons (Fsp3) is 0.250. The second-order valence-corrected chi connectivity index (χ2v) is 6.02. The molecular formula is C16H15BrN4O. The molecule has 3 rings (SSSR count). The Morgan fingerprint density at radius 1 is 1.23 bits per heavy atom. The molecule has 0 aliphatic carbocycles. The lowest BCUT2D eigenvalue weighted by atomic mass is 10.0.